The lowest BCUT2D eigenvalue weighted by Crippen LogP contribution is -2.46. The molecule has 0 bridgehead atoms. The van der Waals surface area contributed by atoms with Crippen LogP contribution in [0.4, 0.5) is 4.39 Å². The van der Waals surface area contributed by atoms with Gasteiger partial charge in [-0.3, -0.25) is 4.79 Å². The molecular formula is C23H21FN2O5. The van der Waals surface area contributed by atoms with Gasteiger partial charge >= 0.3 is 5.97 Å². The average molecular weight is 424 g/mol. The van der Waals surface area contributed by atoms with E-state index in [1.807, 2.05) is 0 Å². The number of ether oxygens (including phenoxy) is 2. The molecule has 1 aliphatic heterocycles. The minimum Gasteiger partial charge on any atom is -0.449 e. The highest BCUT2D eigenvalue weighted by atomic mass is 19.1. The number of esters is 1. The summed E-state index contributed by atoms with van der Waals surface area (Å²) in [4.78, 5) is 31.2. The molecule has 0 N–H and O–H groups in total. The lowest BCUT2D eigenvalue weighted by atomic mass is 10.1. The van der Waals surface area contributed by atoms with Gasteiger partial charge in [-0.1, -0.05) is 12.1 Å². The molecule has 0 saturated carbocycles. The smallest absolute Gasteiger partial charge is 0.339 e. The van der Waals surface area contributed by atoms with Crippen LogP contribution in [0.25, 0.3) is 22.8 Å². The van der Waals surface area contributed by atoms with Gasteiger partial charge in [-0.2, -0.15) is 0 Å². The molecule has 8 heteroatoms. The number of nitrogens with zero attached hydrogens (tertiary/aromatic N) is 2. The van der Waals surface area contributed by atoms with Crippen molar-refractivity contribution in [2.75, 3.05) is 26.3 Å². The summed E-state index contributed by atoms with van der Waals surface area (Å²) >= 11 is 0. The number of carbonyl (C=O) groups excluding carboxylic acids is 2. The minimum atomic E-state index is -0.932. The van der Waals surface area contributed by atoms with Crippen LogP contribution in [0.15, 0.2) is 59.1 Å². The molecule has 31 heavy (non-hydrogen) atoms. The predicted octanol–water partition coefficient (Wildman–Crippen LogP) is 3.55. The molecule has 4 rings (SSSR count). The summed E-state index contributed by atoms with van der Waals surface area (Å²) in [6.07, 6.45) is 0.577. The Balaban J connectivity index is 1.52. The molecule has 2 aromatic carbocycles. The van der Waals surface area contributed by atoms with Crippen LogP contribution in [0.3, 0.4) is 0 Å². The van der Waals surface area contributed by atoms with Gasteiger partial charge in [-0.25, -0.2) is 14.2 Å². The van der Waals surface area contributed by atoms with E-state index in [0.717, 1.165) is 0 Å². The van der Waals surface area contributed by atoms with Gasteiger partial charge in [-0.05, 0) is 43.3 Å². The Morgan fingerprint density at radius 3 is 2.55 bits per heavy atom. The third-order valence-electron chi connectivity index (χ3n) is 4.97. The number of carbonyl (C=O) groups is 2. The summed E-state index contributed by atoms with van der Waals surface area (Å²) in [7, 11) is 0. The van der Waals surface area contributed by atoms with E-state index in [4.69, 9.17) is 13.9 Å². The third-order valence-corrected chi connectivity index (χ3v) is 4.97. The van der Waals surface area contributed by atoms with Gasteiger partial charge in [0.2, 0.25) is 5.89 Å². The predicted molar refractivity (Wildman–Crippen MR) is 110 cm³/mol. The highest BCUT2D eigenvalue weighted by Crippen LogP contribution is 2.29. The van der Waals surface area contributed by atoms with Gasteiger partial charge in [0.25, 0.3) is 5.91 Å². The molecular weight excluding hydrogens is 403 g/mol. The van der Waals surface area contributed by atoms with Crippen molar-refractivity contribution in [2.45, 2.75) is 13.0 Å². The Labute approximate surface area is 178 Å². The van der Waals surface area contributed by atoms with E-state index in [-0.39, 0.29) is 23.2 Å². The zero-order valence-electron chi connectivity index (χ0n) is 16.9. The van der Waals surface area contributed by atoms with E-state index >= 15 is 0 Å². The second-order valence-electron chi connectivity index (χ2n) is 7.07. The van der Waals surface area contributed by atoms with Gasteiger partial charge in [0.15, 0.2) is 11.9 Å². The highest BCUT2D eigenvalue weighted by molar-refractivity contribution is 5.97. The van der Waals surface area contributed by atoms with Gasteiger partial charge in [0, 0.05) is 18.7 Å². The van der Waals surface area contributed by atoms with E-state index in [2.05, 4.69) is 4.98 Å². The third kappa shape index (κ3) is 4.64. The summed E-state index contributed by atoms with van der Waals surface area (Å²) in [5.74, 6) is -0.597. The monoisotopic (exact) mass is 424 g/mol. The maximum absolute atomic E-state index is 13.2. The Morgan fingerprint density at radius 1 is 1.10 bits per heavy atom. The maximum Gasteiger partial charge on any atom is 0.339 e. The Hall–Kier alpha value is -3.52. The number of aromatic nitrogens is 1. The molecule has 1 atom stereocenters. The lowest BCUT2D eigenvalue weighted by Gasteiger charge is -2.29. The van der Waals surface area contributed by atoms with E-state index in [0.29, 0.717) is 43.2 Å². The number of hydrogen-bond acceptors (Lipinski definition) is 6. The van der Waals surface area contributed by atoms with Crippen LogP contribution in [0.1, 0.15) is 17.3 Å². The van der Waals surface area contributed by atoms with Crippen molar-refractivity contribution in [3.8, 4) is 22.8 Å². The number of benzene rings is 2. The van der Waals surface area contributed by atoms with Gasteiger partial charge < -0.3 is 18.8 Å². The fourth-order valence-corrected chi connectivity index (χ4v) is 3.31. The van der Waals surface area contributed by atoms with Crippen LogP contribution in [0.2, 0.25) is 0 Å². The molecule has 2 heterocycles. The molecule has 1 fully saturated rings. The number of oxazole rings is 1. The van der Waals surface area contributed by atoms with Crippen LogP contribution in [-0.4, -0.2) is 54.2 Å². The first-order valence-corrected chi connectivity index (χ1v) is 9.91. The summed E-state index contributed by atoms with van der Waals surface area (Å²) in [5, 5.41) is 0. The normalized spacial score (nSPS) is 14.8. The van der Waals surface area contributed by atoms with Crippen molar-refractivity contribution >= 4 is 11.9 Å². The molecule has 1 unspecified atom stereocenters. The number of halogens is 1. The van der Waals surface area contributed by atoms with Crippen LogP contribution >= 0.6 is 0 Å². The largest absolute Gasteiger partial charge is 0.449 e. The zero-order valence-corrected chi connectivity index (χ0v) is 16.9. The van der Waals surface area contributed by atoms with Crippen LogP contribution in [0.5, 0.6) is 0 Å². The topological polar surface area (TPSA) is 81.9 Å². The van der Waals surface area contributed by atoms with Crippen molar-refractivity contribution < 1.29 is 27.9 Å². The second-order valence-corrected chi connectivity index (χ2v) is 7.07. The first kappa shape index (κ1) is 20.7. The number of hydrogen-bond donors (Lipinski definition) is 0. The fourth-order valence-electron chi connectivity index (χ4n) is 3.31. The molecule has 1 saturated heterocycles. The molecule has 1 amide bonds. The summed E-state index contributed by atoms with van der Waals surface area (Å²) in [6.45, 7) is 3.43. The summed E-state index contributed by atoms with van der Waals surface area (Å²) in [6, 6.07) is 12.5. The SMILES string of the molecule is CC(OC(=O)c1ccccc1-c1ncc(-c2ccc(F)cc2)o1)C(=O)N1CCOCC1. The van der Waals surface area contributed by atoms with E-state index < -0.39 is 12.1 Å². The first-order chi connectivity index (χ1) is 15.0. The Kier molecular flexibility index (Phi) is 6.08. The van der Waals surface area contributed by atoms with Crippen LogP contribution < -0.4 is 0 Å². The number of amides is 1. The van der Waals surface area contributed by atoms with Crippen molar-refractivity contribution in [3.05, 3.63) is 66.1 Å². The molecule has 1 aromatic heterocycles. The van der Waals surface area contributed by atoms with Crippen molar-refractivity contribution in [1.82, 2.24) is 9.88 Å². The van der Waals surface area contributed by atoms with Crippen molar-refractivity contribution in [1.29, 1.82) is 0 Å². The number of morpholine rings is 1. The fraction of sp³-hybridized carbons (Fsp3) is 0.261. The summed E-state index contributed by atoms with van der Waals surface area (Å²) in [5.41, 5.74) is 1.33. The lowest BCUT2D eigenvalue weighted by molar-refractivity contribution is -0.143. The molecule has 160 valence electrons. The highest BCUT2D eigenvalue weighted by Gasteiger charge is 2.27. The first-order valence-electron chi connectivity index (χ1n) is 9.91. The Bertz CT molecular complexity index is 1070. The van der Waals surface area contributed by atoms with Gasteiger partial charge in [0.1, 0.15) is 5.82 Å². The molecule has 0 aliphatic carbocycles. The molecule has 7 nitrogen and oxygen atoms in total. The van der Waals surface area contributed by atoms with Crippen molar-refractivity contribution in [2.24, 2.45) is 0 Å². The zero-order chi connectivity index (χ0) is 21.8. The van der Waals surface area contributed by atoms with E-state index in [9.17, 15) is 14.0 Å². The molecule has 0 spiro atoms. The Morgan fingerprint density at radius 2 is 1.81 bits per heavy atom. The second kappa shape index (κ2) is 9.09. The number of rotatable bonds is 5. The molecule has 1 aliphatic rings. The van der Waals surface area contributed by atoms with Crippen LogP contribution in [-0.2, 0) is 14.3 Å². The van der Waals surface area contributed by atoms with Gasteiger partial charge in [-0.15, -0.1) is 0 Å². The van der Waals surface area contributed by atoms with Crippen LogP contribution in [0, 0.1) is 5.82 Å². The van der Waals surface area contributed by atoms with E-state index in [1.165, 1.54) is 18.3 Å². The quantitative estimate of drug-likeness (QED) is 0.583. The maximum atomic E-state index is 13.2. The average Bonchev–Trinajstić information content (AvgIpc) is 3.29. The standard InChI is InChI=1S/C23H21FN2O5/c1-15(22(27)26-10-12-29-13-11-26)30-23(28)19-5-3-2-4-18(19)21-25-14-20(31-21)16-6-8-17(24)9-7-16/h2-9,14-15H,10-13H2,1H3. The molecule has 3 aromatic rings. The minimum absolute atomic E-state index is 0.221. The van der Waals surface area contributed by atoms with E-state index in [1.54, 1.807) is 48.2 Å². The molecule has 0 radical (unpaired) electrons. The summed E-state index contributed by atoms with van der Waals surface area (Å²) < 4.78 is 29.7. The van der Waals surface area contributed by atoms with Crippen molar-refractivity contribution in [3.63, 3.8) is 0 Å². The van der Waals surface area contributed by atoms with Gasteiger partial charge in [0.05, 0.1) is 30.5 Å².